The number of aromatic nitrogens is 3. The molecular weight excluding hydrogens is 388 g/mol. The van der Waals surface area contributed by atoms with Crippen molar-refractivity contribution in [2.24, 2.45) is 0 Å². The van der Waals surface area contributed by atoms with Crippen LogP contribution in [-0.2, 0) is 6.54 Å². The molecule has 2 aromatic heterocycles. The number of methoxy groups -OCH3 is 1. The van der Waals surface area contributed by atoms with Crippen LogP contribution in [-0.4, -0.2) is 34.3 Å². The molecule has 2 aromatic carbocycles. The molecule has 0 spiro atoms. The molecule has 0 atom stereocenters. The summed E-state index contributed by atoms with van der Waals surface area (Å²) in [5.41, 5.74) is 4.52. The van der Waals surface area contributed by atoms with E-state index in [2.05, 4.69) is 15.4 Å². The zero-order valence-electron chi connectivity index (χ0n) is 15.7. The summed E-state index contributed by atoms with van der Waals surface area (Å²) in [7, 11) is 1.61. The second kappa shape index (κ2) is 8.24. The molecule has 0 aliphatic rings. The summed E-state index contributed by atoms with van der Waals surface area (Å²) in [6.45, 7) is 0.565. The highest BCUT2D eigenvalue weighted by Crippen LogP contribution is 2.20. The molecule has 0 aliphatic heterocycles. The molecule has 0 fully saturated rings. The van der Waals surface area contributed by atoms with Gasteiger partial charge in [-0.05, 0) is 48.5 Å². The van der Waals surface area contributed by atoms with Crippen molar-refractivity contribution in [3.63, 3.8) is 0 Å². The Bertz CT molecular complexity index is 1210. The van der Waals surface area contributed by atoms with Crippen LogP contribution < -0.4 is 15.6 Å². The lowest BCUT2D eigenvalue weighted by Gasteiger charge is -2.09. The number of fused-ring (bicyclic) bond motifs is 1. The summed E-state index contributed by atoms with van der Waals surface area (Å²) >= 11 is 1.49. The van der Waals surface area contributed by atoms with E-state index < -0.39 is 0 Å². The van der Waals surface area contributed by atoms with Crippen molar-refractivity contribution in [1.29, 1.82) is 0 Å². The van der Waals surface area contributed by atoms with E-state index in [9.17, 15) is 9.59 Å². The first-order chi connectivity index (χ1) is 14.1. The van der Waals surface area contributed by atoms with Crippen molar-refractivity contribution >= 4 is 27.5 Å². The van der Waals surface area contributed by atoms with E-state index in [1.807, 2.05) is 36.4 Å². The van der Waals surface area contributed by atoms with E-state index in [1.165, 1.54) is 22.1 Å². The van der Waals surface area contributed by atoms with Crippen LogP contribution in [0.2, 0.25) is 0 Å². The molecule has 0 saturated heterocycles. The van der Waals surface area contributed by atoms with Gasteiger partial charge in [-0.3, -0.25) is 9.59 Å². The molecule has 7 nitrogen and oxygen atoms in total. The van der Waals surface area contributed by atoms with Crippen LogP contribution in [0.5, 0.6) is 5.75 Å². The summed E-state index contributed by atoms with van der Waals surface area (Å²) in [6, 6.07) is 16.0. The van der Waals surface area contributed by atoms with Crippen molar-refractivity contribution in [1.82, 2.24) is 20.1 Å². The van der Waals surface area contributed by atoms with Crippen molar-refractivity contribution in [2.45, 2.75) is 6.54 Å². The topological polar surface area (TPSA) is 86.1 Å². The van der Waals surface area contributed by atoms with Gasteiger partial charge < -0.3 is 10.1 Å². The molecule has 0 bridgehead atoms. The Labute approximate surface area is 170 Å². The number of rotatable bonds is 6. The first-order valence-corrected chi connectivity index (χ1v) is 9.86. The number of ether oxygens (including phenoxy) is 1. The molecule has 0 aliphatic carbocycles. The number of carbonyl (C=O) groups is 1. The largest absolute Gasteiger partial charge is 0.497 e. The maximum Gasteiger partial charge on any atom is 0.266 e. The summed E-state index contributed by atoms with van der Waals surface area (Å²) in [6.07, 6.45) is 0. The highest BCUT2D eigenvalue weighted by Gasteiger charge is 2.08. The Morgan fingerprint density at radius 1 is 1.14 bits per heavy atom. The van der Waals surface area contributed by atoms with Crippen LogP contribution in [0, 0.1) is 0 Å². The first-order valence-electron chi connectivity index (χ1n) is 8.98. The maximum absolute atomic E-state index is 12.4. The highest BCUT2D eigenvalue weighted by atomic mass is 32.1. The molecule has 146 valence electrons. The third kappa shape index (κ3) is 4.17. The normalized spacial score (nSPS) is 10.8. The van der Waals surface area contributed by atoms with E-state index in [4.69, 9.17) is 4.74 Å². The zero-order valence-corrected chi connectivity index (χ0v) is 16.5. The lowest BCUT2D eigenvalue weighted by Crippen LogP contribution is -2.31. The minimum Gasteiger partial charge on any atom is -0.497 e. The van der Waals surface area contributed by atoms with Gasteiger partial charge in [0.05, 0.1) is 35.1 Å². The number of benzene rings is 2. The molecule has 0 unspecified atom stereocenters. The van der Waals surface area contributed by atoms with E-state index in [-0.39, 0.29) is 18.0 Å². The molecule has 1 N–H and O–H groups in total. The Balaban J connectivity index is 1.43. The third-order valence-electron chi connectivity index (χ3n) is 4.46. The van der Waals surface area contributed by atoms with Crippen molar-refractivity contribution < 1.29 is 9.53 Å². The average Bonchev–Trinajstić information content (AvgIpc) is 3.23. The third-order valence-corrected chi connectivity index (χ3v) is 5.25. The number of hydrogen-bond donors (Lipinski definition) is 1. The van der Waals surface area contributed by atoms with Gasteiger partial charge in [0.2, 0.25) is 0 Å². The minimum absolute atomic E-state index is 0.195. The van der Waals surface area contributed by atoms with Gasteiger partial charge in [0.15, 0.2) is 0 Å². The molecular formula is C21H18N4O3S. The van der Waals surface area contributed by atoms with Gasteiger partial charge in [-0.2, -0.15) is 5.10 Å². The average molecular weight is 406 g/mol. The minimum atomic E-state index is -0.220. The molecule has 1 amide bonds. The zero-order chi connectivity index (χ0) is 20.2. The van der Waals surface area contributed by atoms with Crippen LogP contribution in [0.1, 0.15) is 10.4 Å². The van der Waals surface area contributed by atoms with Crippen LogP contribution >= 0.6 is 11.3 Å². The maximum atomic E-state index is 12.4. The van der Waals surface area contributed by atoms with Gasteiger partial charge in [0.1, 0.15) is 5.75 Å². The number of amides is 1. The van der Waals surface area contributed by atoms with Crippen LogP contribution in [0.25, 0.3) is 21.5 Å². The molecule has 4 aromatic rings. The van der Waals surface area contributed by atoms with Gasteiger partial charge in [-0.1, -0.05) is 0 Å². The van der Waals surface area contributed by atoms with Gasteiger partial charge in [-0.25, -0.2) is 9.67 Å². The van der Waals surface area contributed by atoms with Crippen molar-refractivity contribution in [3.8, 4) is 17.0 Å². The number of hydrogen-bond acceptors (Lipinski definition) is 6. The summed E-state index contributed by atoms with van der Waals surface area (Å²) in [4.78, 5) is 28.7. The Morgan fingerprint density at radius 2 is 1.97 bits per heavy atom. The predicted molar refractivity (Wildman–Crippen MR) is 112 cm³/mol. The molecule has 0 radical (unpaired) electrons. The van der Waals surface area contributed by atoms with Crippen LogP contribution in [0.3, 0.4) is 0 Å². The predicted octanol–water partition coefficient (Wildman–Crippen LogP) is 2.96. The van der Waals surface area contributed by atoms with E-state index in [0.29, 0.717) is 17.8 Å². The van der Waals surface area contributed by atoms with Gasteiger partial charge in [-0.15, -0.1) is 11.3 Å². The monoisotopic (exact) mass is 406 g/mol. The van der Waals surface area contributed by atoms with Crippen molar-refractivity contribution in [2.75, 3.05) is 13.7 Å². The van der Waals surface area contributed by atoms with E-state index in [0.717, 1.165) is 21.5 Å². The van der Waals surface area contributed by atoms with Crippen molar-refractivity contribution in [3.05, 3.63) is 76.0 Å². The SMILES string of the molecule is COc1ccc(-c2ccc(=O)n(CCNC(=O)c3ccc4ncsc4c3)n2)cc1. The first kappa shape index (κ1) is 18.8. The number of nitrogens with zero attached hydrogens (tertiary/aromatic N) is 3. The smallest absolute Gasteiger partial charge is 0.266 e. The van der Waals surface area contributed by atoms with Crippen LogP contribution in [0.4, 0.5) is 0 Å². The number of thiazole rings is 1. The van der Waals surface area contributed by atoms with Gasteiger partial charge in [0.25, 0.3) is 11.5 Å². The Kier molecular flexibility index (Phi) is 5.35. The molecule has 8 heteroatoms. The second-order valence-corrected chi connectivity index (χ2v) is 7.19. The fraction of sp³-hybridized carbons (Fsp3) is 0.143. The van der Waals surface area contributed by atoms with Gasteiger partial charge >= 0.3 is 0 Å². The Hall–Kier alpha value is -3.52. The summed E-state index contributed by atoms with van der Waals surface area (Å²) < 4.78 is 7.47. The summed E-state index contributed by atoms with van der Waals surface area (Å²) in [5, 5.41) is 7.24. The second-order valence-electron chi connectivity index (χ2n) is 6.30. The molecule has 2 heterocycles. The molecule has 0 saturated carbocycles. The van der Waals surface area contributed by atoms with E-state index in [1.54, 1.807) is 24.8 Å². The highest BCUT2D eigenvalue weighted by molar-refractivity contribution is 7.16. The lowest BCUT2D eigenvalue weighted by molar-refractivity contribution is 0.0952. The Morgan fingerprint density at radius 3 is 2.76 bits per heavy atom. The number of carbonyl (C=O) groups excluding carboxylic acids is 1. The fourth-order valence-corrected chi connectivity index (χ4v) is 3.61. The van der Waals surface area contributed by atoms with Crippen LogP contribution in [0.15, 0.2) is 64.9 Å². The molecule has 4 rings (SSSR count). The van der Waals surface area contributed by atoms with Gasteiger partial charge in [0, 0.05) is 23.7 Å². The van der Waals surface area contributed by atoms with E-state index >= 15 is 0 Å². The standard InChI is InChI=1S/C21H18N4O3S/c1-28-16-5-2-14(3-6-16)17-8-9-20(26)25(24-17)11-10-22-21(27)15-4-7-18-19(12-15)29-13-23-18/h2-9,12-13H,10-11H2,1H3,(H,22,27). The number of nitrogens with one attached hydrogen (secondary N) is 1. The lowest BCUT2D eigenvalue weighted by atomic mass is 10.1. The summed E-state index contributed by atoms with van der Waals surface area (Å²) in [5.74, 6) is 0.556. The fourth-order valence-electron chi connectivity index (χ4n) is 2.90. The molecule has 29 heavy (non-hydrogen) atoms. The quantitative estimate of drug-likeness (QED) is 0.532.